The first kappa shape index (κ1) is 23.7. The zero-order valence-electron chi connectivity index (χ0n) is 16.0. The van der Waals surface area contributed by atoms with E-state index in [-0.39, 0.29) is 18.0 Å². The van der Waals surface area contributed by atoms with Gasteiger partial charge in [0.1, 0.15) is 0 Å². The maximum atomic E-state index is 11.5. The highest BCUT2D eigenvalue weighted by molar-refractivity contribution is 6.17. The van der Waals surface area contributed by atoms with Crippen LogP contribution in [-0.4, -0.2) is 12.0 Å². The highest BCUT2D eigenvalue weighted by atomic mass is 35.5. The largest absolute Gasteiger partial charge is 0.345 e. The summed E-state index contributed by atoms with van der Waals surface area (Å²) in [4.78, 5) is 20.5. The van der Waals surface area contributed by atoms with Crippen molar-refractivity contribution in [2.24, 2.45) is 5.92 Å². The third-order valence-corrected chi connectivity index (χ3v) is 4.67. The van der Waals surface area contributed by atoms with Gasteiger partial charge in [-0.3, -0.25) is 4.89 Å². The van der Waals surface area contributed by atoms with E-state index in [1.165, 1.54) is 83.5 Å². The van der Waals surface area contributed by atoms with Gasteiger partial charge in [-0.2, -0.15) is 4.89 Å². The van der Waals surface area contributed by atoms with Gasteiger partial charge in [-0.25, -0.2) is 4.79 Å². The molecule has 0 spiro atoms. The van der Waals surface area contributed by atoms with E-state index in [1.807, 2.05) is 6.92 Å². The van der Waals surface area contributed by atoms with Crippen LogP contribution < -0.4 is 0 Å². The molecule has 0 aliphatic rings. The summed E-state index contributed by atoms with van der Waals surface area (Å²) < 4.78 is 0. The molecule has 0 bridgehead atoms. The zero-order chi connectivity index (χ0) is 17.9. The van der Waals surface area contributed by atoms with Gasteiger partial charge in [-0.05, 0) is 6.42 Å². The number of hydrogen-bond donors (Lipinski definition) is 0. The third kappa shape index (κ3) is 16.6. The molecule has 0 saturated carbocycles. The van der Waals surface area contributed by atoms with E-state index < -0.39 is 0 Å². The fourth-order valence-corrected chi connectivity index (χ4v) is 2.97. The van der Waals surface area contributed by atoms with Crippen molar-refractivity contribution in [2.75, 3.05) is 6.07 Å². The Morgan fingerprint density at radius 1 is 0.792 bits per heavy atom. The summed E-state index contributed by atoms with van der Waals surface area (Å²) in [5.41, 5.74) is 0. The van der Waals surface area contributed by atoms with E-state index >= 15 is 0 Å². The van der Waals surface area contributed by atoms with Crippen molar-refractivity contribution in [1.82, 2.24) is 0 Å². The lowest BCUT2D eigenvalue weighted by Gasteiger charge is -2.09. The second-order valence-electron chi connectivity index (χ2n) is 6.92. The van der Waals surface area contributed by atoms with Gasteiger partial charge in [0.2, 0.25) is 0 Å². The maximum absolute atomic E-state index is 11.5. The van der Waals surface area contributed by atoms with Crippen LogP contribution in [0, 0.1) is 5.92 Å². The molecule has 4 heteroatoms. The molecule has 3 nitrogen and oxygen atoms in total. The number of alkyl halides is 1. The van der Waals surface area contributed by atoms with Crippen LogP contribution in [0.3, 0.4) is 0 Å². The van der Waals surface area contributed by atoms with Crippen molar-refractivity contribution in [3.05, 3.63) is 0 Å². The number of rotatable bonds is 18. The molecule has 0 aromatic carbocycles. The molecule has 0 saturated heterocycles. The lowest BCUT2D eigenvalue weighted by molar-refractivity contribution is -0.264. The summed E-state index contributed by atoms with van der Waals surface area (Å²) in [6, 6.07) is -0.114. The lowest BCUT2D eigenvalue weighted by atomic mass is 10.0. The number of halogens is 1. The highest BCUT2D eigenvalue weighted by Gasteiger charge is 2.14. The minimum absolute atomic E-state index is 0.106. The average molecular weight is 363 g/mol. The van der Waals surface area contributed by atoms with E-state index in [1.54, 1.807) is 0 Å². The molecule has 0 amide bonds. The SMILES string of the molecule is CCCCCCCCCCCCCCCCC(C)C(=O)OOCCl. The van der Waals surface area contributed by atoms with Gasteiger partial charge < -0.3 is 0 Å². The van der Waals surface area contributed by atoms with Crippen molar-refractivity contribution in [2.45, 2.75) is 110 Å². The van der Waals surface area contributed by atoms with E-state index in [0.29, 0.717) is 0 Å². The van der Waals surface area contributed by atoms with Crippen molar-refractivity contribution >= 4 is 17.6 Å². The molecule has 0 heterocycles. The first-order valence-electron chi connectivity index (χ1n) is 10.1. The Morgan fingerprint density at radius 3 is 1.62 bits per heavy atom. The van der Waals surface area contributed by atoms with Crippen LogP contribution in [-0.2, 0) is 14.6 Å². The minimum atomic E-state index is -0.314. The van der Waals surface area contributed by atoms with Crippen LogP contribution in [0.4, 0.5) is 0 Å². The molecule has 144 valence electrons. The van der Waals surface area contributed by atoms with Crippen molar-refractivity contribution in [3.63, 3.8) is 0 Å². The normalized spacial score (nSPS) is 12.3. The monoisotopic (exact) mass is 362 g/mol. The Labute approximate surface area is 154 Å². The van der Waals surface area contributed by atoms with E-state index in [0.717, 1.165) is 12.8 Å². The quantitative estimate of drug-likeness (QED) is 0.112. The Bertz CT molecular complexity index is 272. The summed E-state index contributed by atoms with van der Waals surface area (Å²) in [5.74, 6) is -0.420. The van der Waals surface area contributed by atoms with E-state index in [9.17, 15) is 4.79 Å². The second-order valence-corrected chi connectivity index (χ2v) is 7.13. The molecule has 0 aliphatic carbocycles. The number of unbranched alkanes of at least 4 members (excludes halogenated alkanes) is 13. The molecule has 0 rings (SSSR count). The molecule has 0 aliphatic heterocycles. The highest BCUT2D eigenvalue weighted by Crippen LogP contribution is 2.15. The summed E-state index contributed by atoms with van der Waals surface area (Å²) in [7, 11) is 0. The van der Waals surface area contributed by atoms with Gasteiger partial charge in [-0.1, -0.05) is 115 Å². The van der Waals surface area contributed by atoms with Crippen molar-refractivity contribution in [1.29, 1.82) is 0 Å². The molecule has 1 atom stereocenters. The molecule has 0 fully saturated rings. The summed E-state index contributed by atoms with van der Waals surface area (Å²) in [5, 5.41) is 0. The predicted octanol–water partition coefficient (Wildman–Crippen LogP) is 7.17. The minimum Gasteiger partial charge on any atom is -0.297 e. The Hall–Kier alpha value is -0.280. The van der Waals surface area contributed by atoms with Crippen LogP contribution in [0.5, 0.6) is 0 Å². The van der Waals surface area contributed by atoms with Crippen LogP contribution in [0.1, 0.15) is 110 Å². The summed E-state index contributed by atoms with van der Waals surface area (Å²) in [6.07, 6.45) is 19.7. The topological polar surface area (TPSA) is 35.5 Å². The van der Waals surface area contributed by atoms with Gasteiger partial charge in [0.25, 0.3) is 0 Å². The second kappa shape index (κ2) is 19.1. The van der Waals surface area contributed by atoms with Gasteiger partial charge >= 0.3 is 5.97 Å². The van der Waals surface area contributed by atoms with Crippen LogP contribution in [0.15, 0.2) is 0 Å². The van der Waals surface area contributed by atoms with Gasteiger partial charge in [0.15, 0.2) is 6.07 Å². The fraction of sp³-hybridized carbons (Fsp3) is 0.950. The Balaban J connectivity index is 3.18. The van der Waals surface area contributed by atoms with Gasteiger partial charge in [0, 0.05) is 0 Å². The molecular weight excluding hydrogens is 324 g/mol. The number of carbonyl (C=O) groups is 1. The van der Waals surface area contributed by atoms with Gasteiger partial charge in [0.05, 0.1) is 5.92 Å². The summed E-state index contributed by atoms with van der Waals surface area (Å²) in [6.45, 7) is 4.15. The van der Waals surface area contributed by atoms with Crippen molar-refractivity contribution < 1.29 is 14.6 Å². The predicted molar refractivity (Wildman–Crippen MR) is 102 cm³/mol. The van der Waals surface area contributed by atoms with E-state index in [2.05, 4.69) is 16.7 Å². The van der Waals surface area contributed by atoms with Crippen LogP contribution >= 0.6 is 11.6 Å². The molecule has 24 heavy (non-hydrogen) atoms. The first-order valence-corrected chi connectivity index (χ1v) is 10.6. The molecule has 0 N–H and O–H groups in total. The maximum Gasteiger partial charge on any atom is 0.345 e. The molecule has 0 aromatic heterocycles. The third-order valence-electron chi connectivity index (χ3n) is 4.58. The first-order chi connectivity index (χ1) is 11.7. The fourth-order valence-electron chi connectivity index (χ4n) is 2.93. The molecule has 0 radical (unpaired) electrons. The molecular formula is C20H39ClO3. The lowest BCUT2D eigenvalue weighted by Crippen LogP contribution is -2.14. The van der Waals surface area contributed by atoms with Crippen LogP contribution in [0.2, 0.25) is 0 Å². The van der Waals surface area contributed by atoms with Gasteiger partial charge in [-0.15, -0.1) is 0 Å². The standard InChI is InChI=1S/C20H39ClO3/c1-3-4-5-6-7-8-9-10-11-12-13-14-15-16-17-19(2)20(22)24-23-18-21/h19H,3-18H2,1-2H3. The van der Waals surface area contributed by atoms with Crippen molar-refractivity contribution in [3.8, 4) is 0 Å². The molecule has 1 unspecified atom stereocenters. The zero-order valence-corrected chi connectivity index (χ0v) is 16.7. The smallest absolute Gasteiger partial charge is 0.297 e. The number of carbonyl (C=O) groups excluding carboxylic acids is 1. The van der Waals surface area contributed by atoms with Crippen LogP contribution in [0.25, 0.3) is 0 Å². The summed E-state index contributed by atoms with van der Waals surface area (Å²) >= 11 is 5.29. The average Bonchev–Trinajstić information content (AvgIpc) is 2.59. The molecule has 0 aromatic rings. The van der Waals surface area contributed by atoms with E-state index in [4.69, 9.17) is 11.6 Å². The Kier molecular flexibility index (Phi) is 18.8. The Morgan fingerprint density at radius 2 is 1.21 bits per heavy atom. The number of hydrogen-bond acceptors (Lipinski definition) is 3.